The summed E-state index contributed by atoms with van der Waals surface area (Å²) in [6, 6.07) is 8.37. The molecule has 2 N–H and O–H groups in total. The maximum Gasteiger partial charge on any atom is 0.119 e. The number of rotatable bonds is 8. The lowest BCUT2D eigenvalue weighted by molar-refractivity contribution is 0.427. The van der Waals surface area contributed by atoms with Crippen molar-refractivity contribution in [2.24, 2.45) is 0 Å². The van der Waals surface area contributed by atoms with Crippen LogP contribution in [0.4, 0.5) is 0 Å². The molecule has 0 saturated heterocycles. The maximum atomic E-state index is 10.7. The van der Waals surface area contributed by atoms with Gasteiger partial charge in [0.1, 0.15) is 11.5 Å². The van der Waals surface area contributed by atoms with Crippen molar-refractivity contribution < 1.29 is 10.2 Å². The second-order valence-corrected chi connectivity index (χ2v) is 10.3. The normalized spacial score (nSPS) is 12.6. The summed E-state index contributed by atoms with van der Waals surface area (Å²) in [6.07, 6.45) is 4.04. The van der Waals surface area contributed by atoms with Crippen LogP contribution >= 0.6 is 0 Å². The molecule has 0 aliphatic carbocycles. The van der Waals surface area contributed by atoms with E-state index in [4.69, 9.17) is 0 Å². The predicted octanol–water partition coefficient (Wildman–Crippen LogP) is 8.02. The van der Waals surface area contributed by atoms with E-state index in [9.17, 15) is 10.2 Å². The van der Waals surface area contributed by atoms with Gasteiger partial charge in [0.2, 0.25) is 0 Å². The Bertz CT molecular complexity index is 818. The van der Waals surface area contributed by atoms with Crippen LogP contribution in [0, 0.1) is 13.8 Å². The first-order valence-corrected chi connectivity index (χ1v) is 11.6. The molecular formula is C28H42O2. The van der Waals surface area contributed by atoms with Gasteiger partial charge in [-0.15, -0.1) is 0 Å². The van der Waals surface area contributed by atoms with Gasteiger partial charge in [-0.3, -0.25) is 0 Å². The van der Waals surface area contributed by atoms with Gasteiger partial charge in [-0.1, -0.05) is 67.0 Å². The van der Waals surface area contributed by atoms with E-state index in [0.717, 1.165) is 47.9 Å². The topological polar surface area (TPSA) is 40.5 Å². The SMILES string of the molecule is CCCC(c1cc(C(C)(C)CC)c(O)cc1C)c1cc(C(C)(C)CC)c(O)cc1C. The second kappa shape index (κ2) is 9.04. The van der Waals surface area contributed by atoms with E-state index in [-0.39, 0.29) is 16.7 Å². The van der Waals surface area contributed by atoms with E-state index < -0.39 is 0 Å². The fourth-order valence-electron chi connectivity index (χ4n) is 4.40. The third-order valence-corrected chi connectivity index (χ3v) is 7.32. The monoisotopic (exact) mass is 410 g/mol. The van der Waals surface area contributed by atoms with E-state index in [1.807, 2.05) is 12.1 Å². The van der Waals surface area contributed by atoms with E-state index in [2.05, 4.69) is 74.4 Å². The Morgan fingerprint density at radius 3 is 1.37 bits per heavy atom. The molecule has 0 radical (unpaired) electrons. The molecule has 2 aromatic rings. The van der Waals surface area contributed by atoms with E-state index in [1.165, 1.54) is 11.1 Å². The average Bonchev–Trinajstić information content (AvgIpc) is 2.66. The van der Waals surface area contributed by atoms with Gasteiger partial charge >= 0.3 is 0 Å². The summed E-state index contributed by atoms with van der Waals surface area (Å²) in [5, 5.41) is 21.4. The van der Waals surface area contributed by atoms with Crippen molar-refractivity contribution in [1.29, 1.82) is 0 Å². The molecule has 0 amide bonds. The van der Waals surface area contributed by atoms with Gasteiger partial charge in [-0.05, 0) is 89.5 Å². The molecule has 0 aliphatic heterocycles. The van der Waals surface area contributed by atoms with Crippen LogP contribution in [-0.4, -0.2) is 10.2 Å². The van der Waals surface area contributed by atoms with Gasteiger partial charge in [0.05, 0.1) is 0 Å². The zero-order valence-corrected chi connectivity index (χ0v) is 20.6. The van der Waals surface area contributed by atoms with Crippen LogP contribution in [0.5, 0.6) is 11.5 Å². The summed E-state index contributed by atoms with van der Waals surface area (Å²) in [4.78, 5) is 0. The molecule has 30 heavy (non-hydrogen) atoms. The molecule has 0 aliphatic rings. The van der Waals surface area contributed by atoms with Gasteiger partial charge in [-0.2, -0.15) is 0 Å². The van der Waals surface area contributed by atoms with E-state index >= 15 is 0 Å². The van der Waals surface area contributed by atoms with Crippen LogP contribution in [0.25, 0.3) is 0 Å². The quantitative estimate of drug-likeness (QED) is 0.462. The predicted molar refractivity (Wildman–Crippen MR) is 129 cm³/mol. The first kappa shape index (κ1) is 24.3. The summed E-state index contributed by atoms with van der Waals surface area (Å²) < 4.78 is 0. The molecule has 0 atom stereocenters. The number of phenols is 2. The van der Waals surface area contributed by atoms with E-state index in [0.29, 0.717) is 11.5 Å². The number of hydrogen-bond donors (Lipinski definition) is 2. The van der Waals surface area contributed by atoms with Crippen LogP contribution in [0.1, 0.15) is 113 Å². The Morgan fingerprint density at radius 2 is 1.07 bits per heavy atom. The summed E-state index contributed by atoms with van der Waals surface area (Å²) in [7, 11) is 0. The number of aryl methyl sites for hydroxylation is 2. The minimum Gasteiger partial charge on any atom is -0.508 e. The van der Waals surface area contributed by atoms with Crippen LogP contribution in [0.2, 0.25) is 0 Å². The lowest BCUT2D eigenvalue weighted by Crippen LogP contribution is -2.18. The Labute approximate surface area is 184 Å². The van der Waals surface area contributed by atoms with Crippen molar-refractivity contribution in [1.82, 2.24) is 0 Å². The van der Waals surface area contributed by atoms with Crippen molar-refractivity contribution in [2.75, 3.05) is 0 Å². The van der Waals surface area contributed by atoms with Crippen LogP contribution in [0.15, 0.2) is 24.3 Å². The molecule has 0 bridgehead atoms. The molecular weight excluding hydrogens is 368 g/mol. The van der Waals surface area contributed by atoms with Gasteiger partial charge in [0.15, 0.2) is 0 Å². The highest BCUT2D eigenvalue weighted by Gasteiger charge is 2.28. The molecule has 166 valence electrons. The first-order valence-electron chi connectivity index (χ1n) is 11.6. The molecule has 0 saturated carbocycles. The van der Waals surface area contributed by atoms with Gasteiger partial charge < -0.3 is 10.2 Å². The molecule has 2 rings (SSSR count). The minimum absolute atomic E-state index is 0.0807. The smallest absolute Gasteiger partial charge is 0.119 e. The highest BCUT2D eigenvalue weighted by molar-refractivity contribution is 5.52. The van der Waals surface area contributed by atoms with Crippen molar-refractivity contribution in [2.45, 2.75) is 105 Å². The summed E-state index contributed by atoms with van der Waals surface area (Å²) >= 11 is 0. The fraction of sp³-hybridized carbons (Fsp3) is 0.571. The number of hydrogen-bond acceptors (Lipinski definition) is 2. The Hall–Kier alpha value is -1.96. The summed E-state index contributed by atoms with van der Waals surface area (Å²) in [5.41, 5.74) is 6.73. The van der Waals surface area contributed by atoms with Crippen LogP contribution in [0.3, 0.4) is 0 Å². The highest BCUT2D eigenvalue weighted by Crippen LogP contribution is 2.43. The van der Waals surface area contributed by atoms with Crippen molar-refractivity contribution in [3.63, 3.8) is 0 Å². The molecule has 0 fully saturated rings. The van der Waals surface area contributed by atoms with Gasteiger partial charge in [-0.25, -0.2) is 0 Å². The maximum absolute atomic E-state index is 10.7. The molecule has 0 aromatic heterocycles. The first-order chi connectivity index (χ1) is 13.9. The van der Waals surface area contributed by atoms with Crippen LogP contribution < -0.4 is 0 Å². The summed E-state index contributed by atoms with van der Waals surface area (Å²) in [5.74, 6) is 1.04. The Kier molecular flexibility index (Phi) is 7.32. The fourth-order valence-corrected chi connectivity index (χ4v) is 4.40. The summed E-state index contributed by atoms with van der Waals surface area (Å²) in [6.45, 7) is 19.6. The van der Waals surface area contributed by atoms with Gasteiger partial charge in [0.25, 0.3) is 0 Å². The average molecular weight is 411 g/mol. The lowest BCUT2D eigenvalue weighted by atomic mass is 9.75. The van der Waals surface area contributed by atoms with Crippen LogP contribution in [-0.2, 0) is 10.8 Å². The Morgan fingerprint density at radius 1 is 0.700 bits per heavy atom. The standard InChI is InChI=1S/C28H42O2/c1-10-13-20(21-16-23(27(6,7)11-2)25(29)14-18(21)4)22-17-24(28(8,9)12-3)26(30)15-19(22)5/h14-17,20,29-30H,10-13H2,1-9H3. The number of phenolic OH excluding ortho intramolecular Hbond substituents is 2. The Balaban J connectivity index is 2.75. The second-order valence-electron chi connectivity index (χ2n) is 10.3. The highest BCUT2D eigenvalue weighted by atomic mass is 16.3. The zero-order chi connectivity index (χ0) is 22.9. The minimum atomic E-state index is -0.0807. The third-order valence-electron chi connectivity index (χ3n) is 7.32. The number of aromatic hydroxyl groups is 2. The van der Waals surface area contributed by atoms with Crippen molar-refractivity contribution >= 4 is 0 Å². The molecule has 2 heteroatoms. The van der Waals surface area contributed by atoms with E-state index in [1.54, 1.807) is 0 Å². The molecule has 2 aromatic carbocycles. The molecule has 2 nitrogen and oxygen atoms in total. The molecule has 0 spiro atoms. The largest absolute Gasteiger partial charge is 0.508 e. The zero-order valence-electron chi connectivity index (χ0n) is 20.6. The third kappa shape index (κ3) is 4.68. The lowest BCUT2D eigenvalue weighted by Gasteiger charge is -2.30. The van der Waals surface area contributed by atoms with Gasteiger partial charge in [0, 0.05) is 5.92 Å². The van der Waals surface area contributed by atoms with Crippen molar-refractivity contribution in [3.05, 3.63) is 57.6 Å². The van der Waals surface area contributed by atoms with Crippen molar-refractivity contribution in [3.8, 4) is 11.5 Å². The molecule has 0 heterocycles. The molecule has 0 unspecified atom stereocenters. The number of benzene rings is 2.